The largest absolute Gasteiger partial charge is 0.478 e. The van der Waals surface area contributed by atoms with Crippen LogP contribution in [0.15, 0.2) is 88.1 Å². The molecule has 7 heterocycles. The van der Waals surface area contributed by atoms with Crippen molar-refractivity contribution < 1.29 is 29.0 Å². The summed E-state index contributed by atoms with van der Waals surface area (Å²) in [6.07, 6.45) is 10.6. The number of nitrogens with one attached hydrogen (secondary N) is 3. The molecule has 5 aromatic carbocycles. The molecule has 1 saturated heterocycles. The van der Waals surface area contributed by atoms with Gasteiger partial charge < -0.3 is 40.5 Å². The Hall–Kier alpha value is -9.57. The van der Waals surface area contributed by atoms with Gasteiger partial charge in [-0.1, -0.05) is 58.6 Å². The number of aromatic nitrogens is 3. The van der Waals surface area contributed by atoms with Gasteiger partial charge in [-0.2, -0.15) is 0 Å². The zero-order valence-electron chi connectivity index (χ0n) is 51.8. The predicted octanol–water partition coefficient (Wildman–Crippen LogP) is 12.0. The van der Waals surface area contributed by atoms with E-state index in [1.165, 1.54) is 40.9 Å². The number of halogens is 1. The SMILES string of the molecule is CCCCc1cc2c(c3c1=NCCC3)Oc1c(cc3c4c1CCCN4CCCC3)C=2c1cc(C(=O)NCCN(Cc2cc(N=[N+]=[N-])c(C)c(N=[N+]=[N-])c2)C(=O)CN2CCN(c3cc(Nc4ncc(C(=O)Nc5c(C)cccc5Cl)s4)nc(C)n3)CC2)ccc1C(=O)O. The summed E-state index contributed by atoms with van der Waals surface area (Å²) in [7, 11) is 0. The zero-order valence-corrected chi connectivity index (χ0v) is 53.4. The molecule has 5 aliphatic rings. The van der Waals surface area contributed by atoms with Crippen molar-refractivity contribution in [2.75, 3.05) is 85.9 Å². The number of carbonyl (C=O) groups excluding carboxylic acids is 3. The number of carbonyl (C=O) groups is 4. The number of nitrogens with zero attached hydrogens (tertiary/aromatic N) is 14. The number of anilines is 5. The fourth-order valence-electron chi connectivity index (χ4n) is 13.2. The van der Waals surface area contributed by atoms with Gasteiger partial charge in [-0.3, -0.25) is 24.3 Å². The minimum Gasteiger partial charge on any atom is -0.478 e. The molecule has 0 bridgehead atoms. The van der Waals surface area contributed by atoms with Gasteiger partial charge in [0.2, 0.25) is 5.91 Å². The molecule has 0 saturated carbocycles. The zero-order chi connectivity index (χ0) is 64.2. The number of thiazole rings is 1. The molecular formula is C67H70ClN17O6S. The minimum atomic E-state index is -1.13. The van der Waals surface area contributed by atoms with Crippen molar-refractivity contribution in [3.8, 4) is 11.5 Å². The first-order valence-electron chi connectivity index (χ1n) is 31.3. The number of benzene rings is 5. The maximum absolute atomic E-state index is 14.8. The van der Waals surface area contributed by atoms with Crippen LogP contribution in [0.2, 0.25) is 5.02 Å². The number of amides is 3. The first kappa shape index (κ1) is 62.6. The van der Waals surface area contributed by atoms with E-state index in [1.807, 2.05) is 30.0 Å². The molecule has 92 heavy (non-hydrogen) atoms. The molecule has 4 N–H and O–H groups in total. The minimum absolute atomic E-state index is 0.00628. The van der Waals surface area contributed by atoms with Gasteiger partial charge in [-0.15, -0.1) is 0 Å². The summed E-state index contributed by atoms with van der Waals surface area (Å²) in [5, 5.41) is 30.6. The van der Waals surface area contributed by atoms with E-state index in [0.717, 1.165) is 134 Å². The maximum atomic E-state index is 14.8. The highest BCUT2D eigenvalue weighted by atomic mass is 35.5. The van der Waals surface area contributed by atoms with Gasteiger partial charge in [0.05, 0.1) is 34.4 Å². The lowest BCUT2D eigenvalue weighted by Gasteiger charge is -2.36. The van der Waals surface area contributed by atoms with Crippen LogP contribution in [0.5, 0.6) is 11.5 Å². The van der Waals surface area contributed by atoms with Crippen molar-refractivity contribution in [1.82, 2.24) is 30.1 Å². The first-order valence-corrected chi connectivity index (χ1v) is 32.5. The third-order valence-corrected chi connectivity index (χ3v) is 19.0. The van der Waals surface area contributed by atoms with Gasteiger partial charge in [0, 0.05) is 131 Å². The van der Waals surface area contributed by atoms with Gasteiger partial charge in [-0.05, 0) is 172 Å². The van der Waals surface area contributed by atoms with E-state index in [1.54, 1.807) is 43.0 Å². The Morgan fingerprint density at radius 2 is 1.62 bits per heavy atom. The van der Waals surface area contributed by atoms with Crippen molar-refractivity contribution in [1.29, 1.82) is 0 Å². The fraction of sp³-hybridized carbons (Fsp3) is 0.373. The van der Waals surface area contributed by atoms with Crippen molar-refractivity contribution in [2.45, 2.75) is 98.4 Å². The second-order valence-corrected chi connectivity index (χ2v) is 25.3. The highest BCUT2D eigenvalue weighted by molar-refractivity contribution is 7.17. The topological polar surface area (TPSA) is 295 Å². The van der Waals surface area contributed by atoms with Gasteiger partial charge in [0.15, 0.2) is 5.13 Å². The molecule has 0 atom stereocenters. The predicted molar refractivity (Wildman–Crippen MR) is 356 cm³/mol. The highest BCUT2D eigenvalue weighted by Gasteiger charge is 2.35. The first-order chi connectivity index (χ1) is 44.7. The third kappa shape index (κ3) is 13.2. The Morgan fingerprint density at radius 3 is 2.38 bits per heavy atom. The molecule has 5 aliphatic heterocycles. The van der Waals surface area contributed by atoms with Crippen LogP contribution in [0.4, 0.5) is 39.5 Å². The van der Waals surface area contributed by atoms with Crippen molar-refractivity contribution in [2.24, 2.45) is 15.2 Å². The average molecular weight is 1280 g/mol. The van der Waals surface area contributed by atoms with Crippen LogP contribution in [0.25, 0.3) is 26.5 Å². The Kier molecular flexibility index (Phi) is 18.7. The number of hydrogen-bond acceptors (Lipinski definition) is 16. The molecule has 2 aromatic heterocycles. The molecule has 3 amide bonds. The number of rotatable bonds is 20. The molecule has 0 aliphatic carbocycles. The fourth-order valence-corrected chi connectivity index (χ4v) is 14.2. The lowest BCUT2D eigenvalue weighted by Crippen LogP contribution is -2.51. The van der Waals surface area contributed by atoms with Crippen molar-refractivity contribution in [3.05, 3.63) is 181 Å². The maximum Gasteiger partial charge on any atom is 0.336 e. The van der Waals surface area contributed by atoms with Crippen LogP contribution in [-0.4, -0.2) is 119 Å². The smallest absolute Gasteiger partial charge is 0.336 e. The summed E-state index contributed by atoms with van der Waals surface area (Å²) in [5.74, 6) is 0.956. The molecule has 7 aromatic rings. The highest BCUT2D eigenvalue weighted by Crippen LogP contribution is 2.49. The molecule has 1 fully saturated rings. The number of carboxylic acid groups (broad SMARTS) is 1. The molecule has 12 rings (SSSR count). The summed E-state index contributed by atoms with van der Waals surface area (Å²) in [4.78, 5) is 89.7. The van der Waals surface area contributed by atoms with E-state index < -0.39 is 11.9 Å². The average Bonchev–Trinajstić information content (AvgIpc) is 0.807. The van der Waals surface area contributed by atoms with E-state index in [0.29, 0.717) is 86.8 Å². The normalized spacial score (nSPS) is 14.8. The van der Waals surface area contributed by atoms with Gasteiger partial charge in [0.1, 0.15) is 33.8 Å². The van der Waals surface area contributed by atoms with Crippen molar-refractivity contribution >= 4 is 91.7 Å². The molecule has 472 valence electrons. The summed E-state index contributed by atoms with van der Waals surface area (Å²) in [6, 6.07) is 19.6. The van der Waals surface area contributed by atoms with E-state index in [2.05, 4.69) is 74.8 Å². The number of hydrogen-bond donors (Lipinski definition) is 4. The Morgan fingerprint density at radius 1 is 0.837 bits per heavy atom. The lowest BCUT2D eigenvalue weighted by molar-refractivity contribution is -0.133. The summed E-state index contributed by atoms with van der Waals surface area (Å²) in [5.41, 5.74) is 29.8. The number of carboxylic acids is 1. The van der Waals surface area contributed by atoms with Crippen LogP contribution in [0, 0.1) is 20.8 Å². The Labute approximate surface area is 540 Å². The second-order valence-electron chi connectivity index (χ2n) is 23.8. The van der Waals surface area contributed by atoms with E-state index in [9.17, 15) is 35.3 Å². The Bertz CT molecular complexity index is 4300. The van der Waals surface area contributed by atoms with Crippen LogP contribution >= 0.6 is 22.9 Å². The van der Waals surface area contributed by atoms with Crippen LogP contribution < -0.4 is 41.1 Å². The van der Waals surface area contributed by atoms with Gasteiger partial charge >= 0.3 is 5.97 Å². The van der Waals surface area contributed by atoms with Crippen LogP contribution in [0.1, 0.15) is 132 Å². The number of aryl methyl sites for hydroxylation is 4. The molecule has 23 nitrogen and oxygen atoms in total. The van der Waals surface area contributed by atoms with E-state index in [-0.39, 0.29) is 60.5 Å². The van der Waals surface area contributed by atoms with Crippen LogP contribution in [-0.2, 0) is 37.0 Å². The molecule has 0 spiro atoms. The molecule has 0 radical (unpaired) electrons. The molecule has 0 unspecified atom stereocenters. The summed E-state index contributed by atoms with van der Waals surface area (Å²) >= 11 is 7.54. The van der Waals surface area contributed by atoms with Crippen molar-refractivity contribution in [3.63, 3.8) is 0 Å². The number of azide groups is 2. The van der Waals surface area contributed by atoms with E-state index in [4.69, 9.17) is 26.3 Å². The number of piperazine rings is 1. The second kappa shape index (κ2) is 27.5. The number of aromatic carboxylic acids is 1. The quantitative estimate of drug-likeness (QED) is 0.0314. The Balaban J connectivity index is 0.797. The summed E-state index contributed by atoms with van der Waals surface area (Å²) in [6.45, 7) is 12.3. The third-order valence-electron chi connectivity index (χ3n) is 17.7. The molecule has 25 heteroatoms. The molecular weight excluding hydrogens is 1210 g/mol. The number of ether oxygens (including phenoxy) is 1. The van der Waals surface area contributed by atoms with Gasteiger partial charge in [-0.25, -0.2) is 19.7 Å². The van der Waals surface area contributed by atoms with Gasteiger partial charge in [0.25, 0.3) is 11.8 Å². The number of unbranched alkanes of at least 4 members (excludes halogenated alkanes) is 1. The summed E-state index contributed by atoms with van der Waals surface area (Å²) < 4.78 is 7.24. The number of para-hydroxylation sites is 1. The van der Waals surface area contributed by atoms with E-state index >= 15 is 0 Å². The monoisotopic (exact) mass is 1280 g/mol. The van der Waals surface area contributed by atoms with Crippen LogP contribution in [0.3, 0.4) is 0 Å². The standard InChI is InChI=1S/C67H70ClN17O6S/c1-5-6-13-42-31-49-58(50-32-43-14-7-8-22-84-23-11-16-47(61(43)84)63(50)91-62(49)46-15-10-20-71-60(42)46)48-33-44(18-19-45(48)66(89)90)64(87)72-21-24-85(36-41-29-52(78-80-69)39(3)53(30-41)79-81-70)57(86)37-82-25-27-83(28-26-82)56-34-55(74-40(4)75-56)76-67-73-35-54(92-67)65(88)77-59-38(2)12-9-17-51(59)68/h9,12,17-19,29-35H,5-8,10-11,13-16,20-28,36-37H2,1-4H3,(H,72,87)(H,77,88)(H,89,90)(H,73,74,75,76). The number of fused-ring (bicyclic) bond motifs is 5. The lowest BCUT2D eigenvalue weighted by atomic mass is 9.82.